The van der Waals surface area contributed by atoms with Gasteiger partial charge in [0.05, 0.1) is 25.4 Å². The van der Waals surface area contributed by atoms with E-state index in [0.29, 0.717) is 48.1 Å². The van der Waals surface area contributed by atoms with Gasteiger partial charge in [-0.15, -0.1) is 0 Å². The molecule has 9 nitrogen and oxygen atoms in total. The highest BCUT2D eigenvalue weighted by molar-refractivity contribution is 6.05. The molecule has 30 heavy (non-hydrogen) atoms. The van der Waals surface area contributed by atoms with Crippen LogP contribution in [0.1, 0.15) is 10.4 Å². The van der Waals surface area contributed by atoms with Gasteiger partial charge in [-0.05, 0) is 42.5 Å². The normalized spacial score (nSPS) is 16.1. The van der Waals surface area contributed by atoms with Gasteiger partial charge < -0.3 is 25.4 Å². The summed E-state index contributed by atoms with van der Waals surface area (Å²) in [5.74, 6) is -0.158. The number of anilines is 3. The zero-order valence-electron chi connectivity index (χ0n) is 16.3. The Morgan fingerprint density at radius 1 is 1.00 bits per heavy atom. The number of morpholine rings is 1. The molecule has 3 amide bonds. The van der Waals surface area contributed by atoms with Crippen LogP contribution in [0.15, 0.2) is 42.5 Å². The molecule has 1 fully saturated rings. The molecule has 0 aliphatic carbocycles. The van der Waals surface area contributed by atoms with Crippen LogP contribution in [0.5, 0.6) is 5.75 Å². The third kappa shape index (κ3) is 4.94. The maximum atomic E-state index is 12.5. The van der Waals surface area contributed by atoms with Crippen LogP contribution < -0.4 is 20.7 Å². The van der Waals surface area contributed by atoms with E-state index in [1.54, 1.807) is 42.5 Å². The minimum atomic E-state index is -0.303. The van der Waals surface area contributed by atoms with Crippen molar-refractivity contribution >= 4 is 34.8 Å². The Bertz CT molecular complexity index is 954. The third-order valence-electron chi connectivity index (χ3n) is 4.77. The minimum Gasteiger partial charge on any atom is -0.482 e. The number of rotatable bonds is 5. The first kappa shape index (κ1) is 19.9. The second-order valence-electron chi connectivity index (χ2n) is 7.02. The van der Waals surface area contributed by atoms with Crippen molar-refractivity contribution in [3.8, 4) is 5.75 Å². The monoisotopic (exact) mass is 410 g/mol. The lowest BCUT2D eigenvalue weighted by molar-refractivity contribution is -0.119. The molecule has 0 unspecified atom stereocenters. The topological polar surface area (TPSA) is 109 Å². The average Bonchev–Trinajstić information content (AvgIpc) is 2.75. The average molecular weight is 410 g/mol. The van der Waals surface area contributed by atoms with Crippen LogP contribution in [0.4, 0.5) is 17.1 Å². The van der Waals surface area contributed by atoms with E-state index in [2.05, 4.69) is 16.0 Å². The summed E-state index contributed by atoms with van der Waals surface area (Å²) >= 11 is 0. The Hall–Kier alpha value is -3.43. The number of carbonyl (C=O) groups is 3. The standard InChI is InChI=1S/C21H22N4O5/c26-19(12-25-7-9-29-10-8-25)22-15-2-4-16(5-3-15)23-21(28)14-1-6-17-18(11-14)30-13-20(27)24-17/h1-6,11H,7-10,12-13H2,(H,22,26)(H,23,28)(H,24,27). The Labute approximate surface area is 173 Å². The fourth-order valence-corrected chi connectivity index (χ4v) is 3.22. The molecule has 1 saturated heterocycles. The number of benzene rings is 2. The van der Waals surface area contributed by atoms with Crippen molar-refractivity contribution in [2.45, 2.75) is 0 Å². The summed E-state index contributed by atoms with van der Waals surface area (Å²) in [6, 6.07) is 11.7. The minimum absolute atomic E-state index is 0.0726. The van der Waals surface area contributed by atoms with Crippen molar-refractivity contribution in [3.05, 3.63) is 48.0 Å². The first-order chi connectivity index (χ1) is 14.6. The van der Waals surface area contributed by atoms with Crippen molar-refractivity contribution in [2.24, 2.45) is 0 Å². The molecule has 0 atom stereocenters. The summed E-state index contributed by atoms with van der Waals surface area (Å²) in [7, 11) is 0. The lowest BCUT2D eigenvalue weighted by Crippen LogP contribution is -2.41. The Morgan fingerprint density at radius 2 is 1.70 bits per heavy atom. The second-order valence-corrected chi connectivity index (χ2v) is 7.02. The molecule has 2 heterocycles. The van der Waals surface area contributed by atoms with Gasteiger partial charge in [-0.3, -0.25) is 19.3 Å². The van der Waals surface area contributed by atoms with Gasteiger partial charge in [0.1, 0.15) is 5.75 Å². The zero-order chi connectivity index (χ0) is 20.9. The van der Waals surface area contributed by atoms with Crippen LogP contribution in [0, 0.1) is 0 Å². The first-order valence-electron chi connectivity index (χ1n) is 9.65. The lowest BCUT2D eigenvalue weighted by atomic mass is 10.1. The second kappa shape index (κ2) is 8.93. The van der Waals surface area contributed by atoms with Gasteiger partial charge in [-0.2, -0.15) is 0 Å². The highest BCUT2D eigenvalue weighted by atomic mass is 16.5. The van der Waals surface area contributed by atoms with Crippen LogP contribution in [0.2, 0.25) is 0 Å². The molecule has 2 aromatic carbocycles. The molecule has 156 valence electrons. The van der Waals surface area contributed by atoms with Crippen molar-refractivity contribution < 1.29 is 23.9 Å². The Morgan fingerprint density at radius 3 is 2.43 bits per heavy atom. The van der Waals surface area contributed by atoms with Crippen LogP contribution in [-0.2, 0) is 14.3 Å². The van der Waals surface area contributed by atoms with Crippen LogP contribution >= 0.6 is 0 Å². The SMILES string of the molecule is O=C(CN1CCOCC1)Nc1ccc(NC(=O)c2ccc3c(c2)OCC(=O)N3)cc1. The molecule has 0 spiro atoms. The molecule has 2 aliphatic heterocycles. The van der Waals surface area contributed by atoms with Crippen LogP contribution in [-0.4, -0.2) is 62.1 Å². The van der Waals surface area contributed by atoms with E-state index in [1.165, 1.54) is 0 Å². The predicted octanol–water partition coefficient (Wildman–Crippen LogP) is 1.54. The molecule has 0 aromatic heterocycles. The molecule has 0 saturated carbocycles. The van der Waals surface area contributed by atoms with Gasteiger partial charge in [-0.25, -0.2) is 0 Å². The van der Waals surface area contributed by atoms with E-state index in [9.17, 15) is 14.4 Å². The van der Waals surface area contributed by atoms with Gasteiger partial charge in [0.15, 0.2) is 6.61 Å². The summed E-state index contributed by atoms with van der Waals surface area (Å²) in [5, 5.41) is 8.34. The predicted molar refractivity (Wildman–Crippen MR) is 111 cm³/mol. The number of amides is 3. The molecule has 0 radical (unpaired) electrons. The van der Waals surface area contributed by atoms with Gasteiger partial charge in [0.2, 0.25) is 5.91 Å². The van der Waals surface area contributed by atoms with E-state index in [1.807, 2.05) is 4.90 Å². The largest absolute Gasteiger partial charge is 0.482 e. The van der Waals surface area contributed by atoms with Gasteiger partial charge in [0.25, 0.3) is 11.8 Å². The van der Waals surface area contributed by atoms with Crippen molar-refractivity contribution in [2.75, 3.05) is 55.4 Å². The number of hydrogen-bond donors (Lipinski definition) is 3. The highest BCUT2D eigenvalue weighted by Crippen LogP contribution is 2.28. The number of nitrogens with one attached hydrogen (secondary N) is 3. The van der Waals surface area contributed by atoms with Crippen LogP contribution in [0.25, 0.3) is 0 Å². The lowest BCUT2D eigenvalue weighted by Gasteiger charge is -2.25. The molecular formula is C21H22N4O5. The maximum absolute atomic E-state index is 12.5. The number of ether oxygens (including phenoxy) is 2. The van der Waals surface area contributed by atoms with E-state index in [4.69, 9.17) is 9.47 Å². The number of hydrogen-bond acceptors (Lipinski definition) is 6. The summed E-state index contributed by atoms with van der Waals surface area (Å²) in [6.07, 6.45) is 0. The number of nitrogens with zero attached hydrogens (tertiary/aromatic N) is 1. The Kier molecular flexibility index (Phi) is 5.92. The van der Waals surface area contributed by atoms with Gasteiger partial charge >= 0.3 is 0 Å². The van der Waals surface area contributed by atoms with E-state index in [0.717, 1.165) is 13.1 Å². The summed E-state index contributed by atoms with van der Waals surface area (Å²) in [6.45, 7) is 3.04. The fourth-order valence-electron chi connectivity index (χ4n) is 3.22. The molecular weight excluding hydrogens is 388 g/mol. The van der Waals surface area contributed by atoms with Crippen molar-refractivity contribution in [3.63, 3.8) is 0 Å². The molecule has 4 rings (SSSR count). The smallest absolute Gasteiger partial charge is 0.262 e. The quantitative estimate of drug-likeness (QED) is 0.690. The van der Waals surface area contributed by atoms with Gasteiger partial charge in [0, 0.05) is 30.0 Å². The fraction of sp³-hybridized carbons (Fsp3) is 0.286. The van der Waals surface area contributed by atoms with E-state index < -0.39 is 0 Å². The molecule has 3 N–H and O–H groups in total. The summed E-state index contributed by atoms with van der Waals surface area (Å²) < 4.78 is 10.6. The van der Waals surface area contributed by atoms with E-state index >= 15 is 0 Å². The molecule has 9 heteroatoms. The zero-order valence-corrected chi connectivity index (χ0v) is 16.3. The molecule has 2 aromatic rings. The van der Waals surface area contributed by atoms with Gasteiger partial charge in [-0.1, -0.05) is 0 Å². The van der Waals surface area contributed by atoms with Crippen molar-refractivity contribution in [1.29, 1.82) is 0 Å². The Balaban J connectivity index is 1.32. The molecule has 0 bridgehead atoms. The maximum Gasteiger partial charge on any atom is 0.262 e. The molecule has 2 aliphatic rings. The van der Waals surface area contributed by atoms with Crippen LogP contribution in [0.3, 0.4) is 0 Å². The van der Waals surface area contributed by atoms with E-state index in [-0.39, 0.29) is 24.3 Å². The number of carbonyl (C=O) groups excluding carboxylic acids is 3. The van der Waals surface area contributed by atoms with Crippen molar-refractivity contribution in [1.82, 2.24) is 4.90 Å². The number of fused-ring (bicyclic) bond motifs is 1. The summed E-state index contributed by atoms with van der Waals surface area (Å²) in [5.41, 5.74) is 2.20. The highest BCUT2D eigenvalue weighted by Gasteiger charge is 2.18. The first-order valence-corrected chi connectivity index (χ1v) is 9.65. The summed E-state index contributed by atoms with van der Waals surface area (Å²) in [4.78, 5) is 38.0. The third-order valence-corrected chi connectivity index (χ3v) is 4.77.